The second-order valence-corrected chi connectivity index (χ2v) is 7.53. The summed E-state index contributed by atoms with van der Waals surface area (Å²) in [7, 11) is 1.67. The van der Waals surface area contributed by atoms with Gasteiger partial charge in [-0.15, -0.1) is 5.10 Å². The van der Waals surface area contributed by atoms with Crippen molar-refractivity contribution in [3.8, 4) is 11.5 Å². The van der Waals surface area contributed by atoms with Crippen LogP contribution in [0.5, 0.6) is 11.5 Å². The molecule has 1 unspecified atom stereocenters. The number of allylic oxidation sites excluding steroid dienone is 1. The molecular weight excluding hydrogens is 386 g/mol. The quantitative estimate of drug-likeness (QED) is 0.391. The lowest BCUT2D eigenvalue weighted by atomic mass is 9.94. The zero-order chi connectivity index (χ0) is 20.8. The van der Waals surface area contributed by atoms with Crippen LogP contribution in [0.25, 0.3) is 27.6 Å². The molecule has 31 heavy (non-hydrogen) atoms. The zero-order valence-electron chi connectivity index (χ0n) is 16.9. The number of para-hydroxylation sites is 1. The highest BCUT2D eigenvalue weighted by molar-refractivity contribution is 5.90. The minimum atomic E-state index is -0.153. The van der Waals surface area contributed by atoms with Crippen molar-refractivity contribution in [1.82, 2.24) is 15.0 Å². The van der Waals surface area contributed by atoms with E-state index in [0.717, 1.165) is 44.8 Å². The Morgan fingerprint density at radius 2 is 1.68 bits per heavy atom. The highest BCUT2D eigenvalue weighted by Crippen LogP contribution is 2.43. The molecule has 5 aromatic rings. The van der Waals surface area contributed by atoms with Gasteiger partial charge in [-0.2, -0.15) is 0 Å². The molecule has 1 aromatic heterocycles. The molecular formula is C26H19N3O2. The number of aromatic nitrogens is 3. The number of ether oxygens (including phenoxy) is 2. The summed E-state index contributed by atoms with van der Waals surface area (Å²) in [4.78, 5) is 0. The van der Waals surface area contributed by atoms with Crippen LogP contribution in [0, 0.1) is 0 Å². The SMILES string of the molecule is COc1ccc(C2=CC(n3nnc4ccccc43)c3c(ccc4ccccc34)O2)cc1. The van der Waals surface area contributed by atoms with Crippen LogP contribution in [-0.2, 0) is 0 Å². The fourth-order valence-electron chi connectivity index (χ4n) is 4.24. The van der Waals surface area contributed by atoms with Gasteiger partial charge in [0.05, 0.1) is 12.6 Å². The second kappa shape index (κ2) is 6.99. The molecule has 6 rings (SSSR count). The Balaban J connectivity index is 1.59. The number of rotatable bonds is 3. The van der Waals surface area contributed by atoms with E-state index in [1.807, 2.05) is 53.2 Å². The number of fused-ring (bicyclic) bond motifs is 4. The van der Waals surface area contributed by atoms with Crippen molar-refractivity contribution >= 4 is 27.6 Å². The average molecular weight is 405 g/mol. The van der Waals surface area contributed by atoms with Gasteiger partial charge in [0.2, 0.25) is 0 Å². The van der Waals surface area contributed by atoms with Gasteiger partial charge in [0, 0.05) is 11.1 Å². The molecule has 2 heterocycles. The van der Waals surface area contributed by atoms with Crippen LogP contribution in [0.2, 0.25) is 0 Å². The molecule has 1 atom stereocenters. The molecule has 0 saturated heterocycles. The van der Waals surface area contributed by atoms with E-state index in [-0.39, 0.29) is 6.04 Å². The minimum absolute atomic E-state index is 0.153. The van der Waals surface area contributed by atoms with Crippen LogP contribution >= 0.6 is 0 Å². The standard InChI is InChI=1S/C26H19N3O2/c1-30-19-13-10-18(11-14-19)25-16-23(29-22-9-5-4-8-21(22)27-28-29)26-20-7-3-2-6-17(20)12-15-24(26)31-25/h2-16,23H,1H3. The third-order valence-corrected chi connectivity index (χ3v) is 5.77. The van der Waals surface area contributed by atoms with Gasteiger partial charge in [0.15, 0.2) is 0 Å². The molecule has 1 aliphatic heterocycles. The van der Waals surface area contributed by atoms with E-state index in [1.54, 1.807) is 7.11 Å². The first kappa shape index (κ1) is 17.7. The Bertz CT molecular complexity index is 1450. The maximum atomic E-state index is 6.40. The molecule has 0 saturated carbocycles. The van der Waals surface area contributed by atoms with Crippen molar-refractivity contribution < 1.29 is 9.47 Å². The number of hydrogen-bond donors (Lipinski definition) is 0. The molecule has 0 spiro atoms. The third-order valence-electron chi connectivity index (χ3n) is 5.77. The summed E-state index contributed by atoms with van der Waals surface area (Å²) in [5.41, 5.74) is 3.92. The van der Waals surface area contributed by atoms with Gasteiger partial charge in [-0.05, 0) is 59.3 Å². The van der Waals surface area contributed by atoms with E-state index in [2.05, 4.69) is 52.8 Å². The maximum absolute atomic E-state index is 6.40. The minimum Gasteiger partial charge on any atom is -0.497 e. The van der Waals surface area contributed by atoms with E-state index in [0.29, 0.717) is 0 Å². The van der Waals surface area contributed by atoms with E-state index in [4.69, 9.17) is 9.47 Å². The van der Waals surface area contributed by atoms with Crippen molar-refractivity contribution in [1.29, 1.82) is 0 Å². The lowest BCUT2D eigenvalue weighted by Gasteiger charge is -2.27. The van der Waals surface area contributed by atoms with Crippen LogP contribution in [-0.4, -0.2) is 22.1 Å². The molecule has 0 N–H and O–H groups in total. The number of nitrogens with zero attached hydrogens (tertiary/aromatic N) is 3. The summed E-state index contributed by atoms with van der Waals surface area (Å²) in [6.07, 6.45) is 2.12. The lowest BCUT2D eigenvalue weighted by molar-refractivity contribution is 0.414. The molecule has 4 aromatic carbocycles. The van der Waals surface area contributed by atoms with E-state index < -0.39 is 0 Å². The smallest absolute Gasteiger partial charge is 0.133 e. The van der Waals surface area contributed by atoms with Gasteiger partial charge in [-0.1, -0.05) is 47.7 Å². The topological polar surface area (TPSA) is 49.2 Å². The monoisotopic (exact) mass is 405 g/mol. The normalized spacial score (nSPS) is 15.4. The van der Waals surface area contributed by atoms with Gasteiger partial charge in [-0.25, -0.2) is 4.68 Å². The number of benzene rings is 4. The van der Waals surface area contributed by atoms with Gasteiger partial charge in [-0.3, -0.25) is 0 Å². The predicted molar refractivity (Wildman–Crippen MR) is 121 cm³/mol. The highest BCUT2D eigenvalue weighted by Gasteiger charge is 2.28. The van der Waals surface area contributed by atoms with Crippen LogP contribution in [0.4, 0.5) is 0 Å². The summed E-state index contributed by atoms with van der Waals surface area (Å²) >= 11 is 0. The first-order chi connectivity index (χ1) is 15.3. The lowest BCUT2D eigenvalue weighted by Crippen LogP contribution is -2.17. The van der Waals surface area contributed by atoms with E-state index in [9.17, 15) is 0 Å². The summed E-state index contributed by atoms with van der Waals surface area (Å²) in [6.45, 7) is 0. The first-order valence-electron chi connectivity index (χ1n) is 10.2. The first-order valence-corrected chi connectivity index (χ1v) is 10.2. The van der Waals surface area contributed by atoms with Crippen LogP contribution in [0.15, 0.2) is 91.0 Å². The molecule has 0 aliphatic carbocycles. The molecule has 5 heteroatoms. The Morgan fingerprint density at radius 3 is 2.55 bits per heavy atom. The van der Waals surface area contributed by atoms with E-state index >= 15 is 0 Å². The Labute approximate surface area is 179 Å². The van der Waals surface area contributed by atoms with Gasteiger partial charge < -0.3 is 9.47 Å². The molecule has 0 fully saturated rings. The van der Waals surface area contributed by atoms with Crippen molar-refractivity contribution in [2.24, 2.45) is 0 Å². The van der Waals surface area contributed by atoms with Crippen LogP contribution < -0.4 is 9.47 Å². The Hall–Kier alpha value is -4.12. The van der Waals surface area contributed by atoms with Crippen molar-refractivity contribution in [2.45, 2.75) is 6.04 Å². The van der Waals surface area contributed by atoms with Crippen LogP contribution in [0.1, 0.15) is 17.2 Å². The third kappa shape index (κ3) is 2.86. The number of methoxy groups -OCH3 is 1. The predicted octanol–water partition coefficient (Wildman–Crippen LogP) is 5.62. The fourth-order valence-corrected chi connectivity index (χ4v) is 4.24. The summed E-state index contributed by atoms with van der Waals surface area (Å²) in [5.74, 6) is 2.43. The fraction of sp³-hybridized carbons (Fsp3) is 0.0769. The Kier molecular flexibility index (Phi) is 3.99. The summed E-state index contributed by atoms with van der Waals surface area (Å²) < 4.78 is 13.7. The highest BCUT2D eigenvalue weighted by atomic mass is 16.5. The summed E-state index contributed by atoms with van der Waals surface area (Å²) in [5, 5.41) is 11.2. The van der Waals surface area contributed by atoms with Gasteiger partial charge in [0.1, 0.15) is 28.8 Å². The average Bonchev–Trinajstić information content (AvgIpc) is 3.27. The number of hydrogen-bond acceptors (Lipinski definition) is 4. The molecule has 0 radical (unpaired) electrons. The second-order valence-electron chi connectivity index (χ2n) is 7.53. The van der Waals surface area contributed by atoms with Crippen molar-refractivity contribution in [3.05, 3.63) is 102 Å². The van der Waals surface area contributed by atoms with Crippen molar-refractivity contribution in [2.75, 3.05) is 7.11 Å². The maximum Gasteiger partial charge on any atom is 0.133 e. The van der Waals surface area contributed by atoms with Gasteiger partial charge in [0.25, 0.3) is 0 Å². The summed E-state index contributed by atoms with van der Waals surface area (Å²) in [6, 6.07) is 28.3. The van der Waals surface area contributed by atoms with Crippen LogP contribution in [0.3, 0.4) is 0 Å². The van der Waals surface area contributed by atoms with Crippen molar-refractivity contribution in [3.63, 3.8) is 0 Å². The molecule has 5 nitrogen and oxygen atoms in total. The largest absolute Gasteiger partial charge is 0.497 e. The van der Waals surface area contributed by atoms with Gasteiger partial charge >= 0.3 is 0 Å². The molecule has 1 aliphatic rings. The molecule has 0 amide bonds. The van der Waals surface area contributed by atoms with E-state index in [1.165, 1.54) is 5.39 Å². The molecule has 0 bridgehead atoms. The zero-order valence-corrected chi connectivity index (χ0v) is 16.9. The molecule has 150 valence electrons. The Morgan fingerprint density at radius 1 is 0.871 bits per heavy atom.